The van der Waals surface area contributed by atoms with Gasteiger partial charge in [0, 0.05) is 31.7 Å². The molecular formula is C22H34N4O4. The predicted octanol–water partition coefficient (Wildman–Crippen LogP) is 2.39. The number of carbonyl (C=O) groups excluding carboxylic acids is 3. The van der Waals surface area contributed by atoms with Gasteiger partial charge in [-0.25, -0.2) is 0 Å². The highest BCUT2D eigenvalue weighted by Crippen LogP contribution is 2.41. The van der Waals surface area contributed by atoms with Crippen molar-refractivity contribution < 1.29 is 19.1 Å². The fourth-order valence-electron chi connectivity index (χ4n) is 3.93. The Balaban J connectivity index is 1.64. The normalized spacial score (nSPS) is 19.5. The number of esters is 1. The van der Waals surface area contributed by atoms with Crippen LogP contribution in [0.3, 0.4) is 0 Å². The standard InChI is InChI=1S/C22H34N4O4/c1-6-30-21(29)16-8-7-11-25(13-16)19(27)14-24(5)20(28)17-12-18(15-9-10-15)26(23-17)22(2,3)4/h12,15-16H,6-11,13-14H2,1-5H3. The van der Waals surface area contributed by atoms with Gasteiger partial charge in [-0.05, 0) is 59.4 Å². The van der Waals surface area contributed by atoms with E-state index in [2.05, 4.69) is 25.9 Å². The number of piperidine rings is 1. The second-order valence-corrected chi connectivity index (χ2v) is 9.40. The minimum absolute atomic E-state index is 0.0322. The van der Waals surface area contributed by atoms with Gasteiger partial charge >= 0.3 is 5.97 Å². The number of hydrogen-bond donors (Lipinski definition) is 0. The fourth-order valence-corrected chi connectivity index (χ4v) is 3.93. The van der Waals surface area contributed by atoms with Crippen molar-refractivity contribution >= 4 is 17.8 Å². The first kappa shape index (κ1) is 22.3. The first-order chi connectivity index (χ1) is 14.1. The van der Waals surface area contributed by atoms with E-state index in [1.807, 2.05) is 10.7 Å². The van der Waals surface area contributed by atoms with Crippen LogP contribution in [0, 0.1) is 5.92 Å². The number of carbonyl (C=O) groups is 3. The first-order valence-electron chi connectivity index (χ1n) is 10.9. The van der Waals surface area contributed by atoms with E-state index in [0.29, 0.717) is 31.3 Å². The maximum atomic E-state index is 13.0. The number of aromatic nitrogens is 2. The number of hydrogen-bond acceptors (Lipinski definition) is 5. The van der Waals surface area contributed by atoms with E-state index >= 15 is 0 Å². The number of ether oxygens (including phenoxy) is 1. The third-order valence-corrected chi connectivity index (χ3v) is 5.70. The summed E-state index contributed by atoms with van der Waals surface area (Å²) in [4.78, 5) is 40.8. The highest BCUT2D eigenvalue weighted by molar-refractivity contribution is 5.95. The predicted molar refractivity (Wildman–Crippen MR) is 112 cm³/mol. The lowest BCUT2D eigenvalue weighted by Gasteiger charge is -2.32. The summed E-state index contributed by atoms with van der Waals surface area (Å²) in [6.45, 7) is 9.25. The molecule has 1 atom stereocenters. The lowest BCUT2D eigenvalue weighted by atomic mass is 9.98. The lowest BCUT2D eigenvalue weighted by molar-refractivity contribution is -0.151. The van der Waals surface area contributed by atoms with Crippen LogP contribution in [0.25, 0.3) is 0 Å². The Labute approximate surface area is 178 Å². The average molecular weight is 419 g/mol. The summed E-state index contributed by atoms with van der Waals surface area (Å²) in [5.74, 6) is -0.477. The average Bonchev–Trinajstić information content (AvgIpc) is 3.44. The van der Waals surface area contributed by atoms with Crippen LogP contribution < -0.4 is 0 Å². The van der Waals surface area contributed by atoms with Crippen molar-refractivity contribution in [1.29, 1.82) is 0 Å². The van der Waals surface area contributed by atoms with E-state index in [-0.39, 0.29) is 35.8 Å². The van der Waals surface area contributed by atoms with E-state index in [9.17, 15) is 14.4 Å². The van der Waals surface area contributed by atoms with Gasteiger partial charge in [-0.15, -0.1) is 0 Å². The molecule has 2 aliphatic rings. The minimum atomic E-state index is -0.285. The first-order valence-corrected chi connectivity index (χ1v) is 10.9. The molecule has 1 aliphatic heterocycles. The van der Waals surface area contributed by atoms with Crippen LogP contribution in [0.1, 0.15) is 75.5 Å². The molecule has 0 aromatic carbocycles. The van der Waals surface area contributed by atoms with Gasteiger partial charge in [0.15, 0.2) is 5.69 Å². The van der Waals surface area contributed by atoms with Gasteiger partial charge in [0.1, 0.15) is 0 Å². The fraction of sp³-hybridized carbons (Fsp3) is 0.727. The molecule has 0 bridgehead atoms. The SMILES string of the molecule is CCOC(=O)C1CCCN(C(=O)CN(C)C(=O)c2cc(C3CC3)n(C(C)(C)C)n2)C1. The number of amides is 2. The molecule has 1 aromatic rings. The second kappa shape index (κ2) is 8.78. The van der Waals surface area contributed by atoms with Gasteiger partial charge in [-0.3, -0.25) is 19.1 Å². The Bertz CT molecular complexity index is 807. The van der Waals surface area contributed by atoms with Crippen molar-refractivity contribution in [3.63, 3.8) is 0 Å². The minimum Gasteiger partial charge on any atom is -0.466 e. The van der Waals surface area contributed by atoms with Crippen LogP contribution in [0.4, 0.5) is 0 Å². The molecule has 30 heavy (non-hydrogen) atoms. The number of likely N-dealkylation sites (N-methyl/N-ethyl adjacent to an activating group) is 1. The van der Waals surface area contributed by atoms with E-state index in [4.69, 9.17) is 4.74 Å². The summed E-state index contributed by atoms with van der Waals surface area (Å²) in [5, 5.41) is 4.58. The Kier molecular flexibility index (Phi) is 6.53. The summed E-state index contributed by atoms with van der Waals surface area (Å²) in [6.07, 6.45) is 3.74. The van der Waals surface area contributed by atoms with Gasteiger partial charge in [0.25, 0.3) is 5.91 Å². The highest BCUT2D eigenvalue weighted by Gasteiger charge is 2.34. The molecule has 2 fully saturated rings. The Morgan fingerprint density at radius 3 is 2.53 bits per heavy atom. The van der Waals surface area contributed by atoms with E-state index in [1.54, 1.807) is 18.9 Å². The molecule has 1 saturated carbocycles. The Morgan fingerprint density at radius 1 is 1.23 bits per heavy atom. The van der Waals surface area contributed by atoms with E-state index in [0.717, 1.165) is 31.4 Å². The molecule has 1 aromatic heterocycles. The molecule has 2 amide bonds. The largest absolute Gasteiger partial charge is 0.466 e. The van der Waals surface area contributed by atoms with Crippen molar-refractivity contribution in [1.82, 2.24) is 19.6 Å². The molecule has 8 heteroatoms. The van der Waals surface area contributed by atoms with Crippen LogP contribution in [-0.4, -0.2) is 70.7 Å². The topological polar surface area (TPSA) is 84.7 Å². The van der Waals surface area contributed by atoms with E-state index in [1.165, 1.54) is 4.90 Å². The van der Waals surface area contributed by atoms with Crippen molar-refractivity contribution in [2.75, 3.05) is 33.3 Å². The summed E-state index contributed by atoms with van der Waals surface area (Å²) in [6, 6.07) is 1.88. The lowest BCUT2D eigenvalue weighted by Crippen LogP contribution is -2.47. The van der Waals surface area contributed by atoms with Crippen LogP contribution in [0.5, 0.6) is 0 Å². The summed E-state index contributed by atoms with van der Waals surface area (Å²) >= 11 is 0. The van der Waals surface area contributed by atoms with Gasteiger partial charge in [-0.2, -0.15) is 5.10 Å². The molecule has 0 radical (unpaired) electrons. The van der Waals surface area contributed by atoms with Crippen molar-refractivity contribution in [3.8, 4) is 0 Å². The van der Waals surface area contributed by atoms with Gasteiger partial charge < -0.3 is 14.5 Å². The molecular weight excluding hydrogens is 384 g/mol. The molecule has 2 heterocycles. The monoisotopic (exact) mass is 418 g/mol. The maximum absolute atomic E-state index is 13.0. The van der Waals surface area contributed by atoms with Crippen LogP contribution in [-0.2, 0) is 19.9 Å². The summed E-state index contributed by atoms with van der Waals surface area (Å²) in [7, 11) is 1.62. The zero-order valence-electron chi connectivity index (χ0n) is 18.8. The quantitative estimate of drug-likeness (QED) is 0.662. The number of nitrogens with zero attached hydrogens (tertiary/aromatic N) is 4. The summed E-state index contributed by atoms with van der Waals surface area (Å²) in [5.41, 5.74) is 1.27. The number of likely N-dealkylation sites (tertiary alicyclic amines) is 1. The van der Waals surface area contributed by atoms with E-state index < -0.39 is 0 Å². The Hall–Kier alpha value is -2.38. The smallest absolute Gasteiger partial charge is 0.310 e. The van der Waals surface area contributed by atoms with Crippen molar-refractivity contribution in [2.24, 2.45) is 5.92 Å². The molecule has 0 spiro atoms. The third-order valence-electron chi connectivity index (χ3n) is 5.70. The van der Waals surface area contributed by atoms with Gasteiger partial charge in [-0.1, -0.05) is 0 Å². The molecule has 0 N–H and O–H groups in total. The van der Waals surface area contributed by atoms with Gasteiger partial charge in [0.2, 0.25) is 5.91 Å². The molecule has 8 nitrogen and oxygen atoms in total. The Morgan fingerprint density at radius 2 is 1.93 bits per heavy atom. The molecule has 166 valence electrons. The maximum Gasteiger partial charge on any atom is 0.310 e. The summed E-state index contributed by atoms with van der Waals surface area (Å²) < 4.78 is 7.05. The molecule has 1 saturated heterocycles. The van der Waals surface area contributed by atoms with Crippen LogP contribution in [0.15, 0.2) is 6.07 Å². The molecule has 3 rings (SSSR count). The van der Waals surface area contributed by atoms with Crippen molar-refractivity contribution in [2.45, 2.75) is 64.8 Å². The van der Waals surface area contributed by atoms with Crippen molar-refractivity contribution in [3.05, 3.63) is 17.5 Å². The van der Waals surface area contributed by atoms with Crippen LogP contribution in [0.2, 0.25) is 0 Å². The number of rotatable bonds is 6. The third kappa shape index (κ3) is 5.02. The molecule has 1 aliphatic carbocycles. The van der Waals surface area contributed by atoms with Crippen LogP contribution >= 0.6 is 0 Å². The van der Waals surface area contributed by atoms with Gasteiger partial charge in [0.05, 0.1) is 24.6 Å². The molecule has 1 unspecified atom stereocenters. The zero-order valence-corrected chi connectivity index (χ0v) is 18.8. The highest BCUT2D eigenvalue weighted by atomic mass is 16.5. The zero-order chi connectivity index (χ0) is 22.1. The second-order valence-electron chi connectivity index (χ2n) is 9.40.